The highest BCUT2D eigenvalue weighted by molar-refractivity contribution is 5.74. The van der Waals surface area contributed by atoms with E-state index in [0.29, 0.717) is 5.69 Å². The second-order valence-electron chi connectivity index (χ2n) is 4.58. The summed E-state index contributed by atoms with van der Waals surface area (Å²) in [6.07, 6.45) is 4.27. The van der Waals surface area contributed by atoms with Crippen LogP contribution in [0.4, 0.5) is 11.5 Å². The molecule has 0 saturated carbocycles. The largest absolute Gasteiger partial charge is 0.394 e. The Morgan fingerprint density at radius 2 is 2.18 bits per heavy atom. The van der Waals surface area contributed by atoms with Crippen LogP contribution in [0.3, 0.4) is 0 Å². The van der Waals surface area contributed by atoms with Gasteiger partial charge in [-0.3, -0.25) is 4.79 Å². The van der Waals surface area contributed by atoms with E-state index in [2.05, 4.69) is 10.00 Å². The van der Waals surface area contributed by atoms with E-state index < -0.39 is 0 Å². The summed E-state index contributed by atoms with van der Waals surface area (Å²) in [5, 5.41) is 4.26. The van der Waals surface area contributed by atoms with Crippen LogP contribution in [0, 0.1) is 0 Å². The number of aromatic nitrogens is 2. The lowest BCUT2D eigenvalue weighted by molar-refractivity contribution is -0.118. The lowest BCUT2D eigenvalue weighted by atomic mass is 10.2. The van der Waals surface area contributed by atoms with Crippen LogP contribution in [-0.2, 0) is 4.79 Å². The van der Waals surface area contributed by atoms with Crippen LogP contribution in [0.2, 0.25) is 0 Å². The normalized spacial score (nSPS) is 17.4. The molecule has 17 heavy (non-hydrogen) atoms. The summed E-state index contributed by atoms with van der Waals surface area (Å²) in [7, 11) is 0. The van der Waals surface area contributed by atoms with Crippen molar-refractivity contribution in [3.8, 4) is 0 Å². The maximum absolute atomic E-state index is 11.0. The Morgan fingerprint density at radius 1 is 1.53 bits per heavy atom. The third-order valence-electron chi connectivity index (χ3n) is 3.12. The lowest BCUT2D eigenvalue weighted by Crippen LogP contribution is -2.25. The van der Waals surface area contributed by atoms with E-state index in [0.717, 1.165) is 18.9 Å². The summed E-state index contributed by atoms with van der Waals surface area (Å²) in [4.78, 5) is 13.2. The molecule has 94 valence electrons. The molecule has 0 aliphatic carbocycles. The second-order valence-corrected chi connectivity index (χ2v) is 4.58. The highest BCUT2D eigenvalue weighted by atomic mass is 16.1. The lowest BCUT2D eigenvalue weighted by Gasteiger charge is -2.22. The maximum atomic E-state index is 11.0. The van der Waals surface area contributed by atoms with E-state index in [-0.39, 0.29) is 18.4 Å². The molecule has 0 spiro atoms. The number of carbonyl (C=O) groups is 1. The molecule has 1 atom stereocenters. The molecule has 6 nitrogen and oxygen atoms in total. The van der Waals surface area contributed by atoms with Gasteiger partial charge in [-0.05, 0) is 19.8 Å². The standard InChI is InChI=1S/C11H19N5O/c1-8(6-10(13)17)16-11(9(12)7-14-16)15-4-2-3-5-15/h7-8H,2-6,12H2,1H3,(H2,13,17). The molecule has 1 aliphatic heterocycles. The minimum atomic E-state index is -0.320. The number of primary amides is 1. The van der Waals surface area contributed by atoms with E-state index >= 15 is 0 Å². The molecule has 0 radical (unpaired) electrons. The summed E-state index contributed by atoms with van der Waals surface area (Å²) in [6.45, 7) is 3.93. The van der Waals surface area contributed by atoms with Gasteiger partial charge in [-0.1, -0.05) is 0 Å². The first kappa shape index (κ1) is 11.8. The van der Waals surface area contributed by atoms with Gasteiger partial charge in [0.25, 0.3) is 0 Å². The van der Waals surface area contributed by atoms with Crippen molar-refractivity contribution in [2.24, 2.45) is 5.73 Å². The van der Waals surface area contributed by atoms with Crippen LogP contribution < -0.4 is 16.4 Å². The van der Waals surface area contributed by atoms with Gasteiger partial charge in [0.1, 0.15) is 0 Å². The summed E-state index contributed by atoms with van der Waals surface area (Å²) in [5.41, 5.74) is 11.8. The maximum Gasteiger partial charge on any atom is 0.219 e. The van der Waals surface area contributed by atoms with Crippen molar-refractivity contribution in [1.82, 2.24) is 9.78 Å². The number of nitrogens with zero attached hydrogens (tertiary/aromatic N) is 3. The average molecular weight is 237 g/mol. The van der Waals surface area contributed by atoms with Crippen molar-refractivity contribution in [3.63, 3.8) is 0 Å². The Bertz CT molecular complexity index is 408. The van der Waals surface area contributed by atoms with Gasteiger partial charge in [0.05, 0.1) is 17.9 Å². The van der Waals surface area contributed by atoms with Crippen molar-refractivity contribution in [2.75, 3.05) is 23.7 Å². The smallest absolute Gasteiger partial charge is 0.219 e. The molecule has 0 aromatic carbocycles. The molecule has 2 heterocycles. The molecular weight excluding hydrogens is 218 g/mol. The van der Waals surface area contributed by atoms with Gasteiger partial charge in [-0.15, -0.1) is 0 Å². The van der Waals surface area contributed by atoms with Gasteiger partial charge < -0.3 is 16.4 Å². The number of amides is 1. The fraction of sp³-hybridized carbons (Fsp3) is 0.636. The molecule has 1 aliphatic rings. The minimum absolute atomic E-state index is 0.0552. The number of carbonyl (C=O) groups excluding carboxylic acids is 1. The van der Waals surface area contributed by atoms with Crippen LogP contribution in [0.1, 0.15) is 32.2 Å². The number of nitrogen functional groups attached to an aromatic ring is 1. The molecule has 2 rings (SSSR count). The zero-order valence-corrected chi connectivity index (χ0v) is 10.1. The van der Waals surface area contributed by atoms with Crippen molar-refractivity contribution in [3.05, 3.63) is 6.20 Å². The number of anilines is 2. The molecule has 1 saturated heterocycles. The molecular formula is C11H19N5O. The fourth-order valence-corrected chi connectivity index (χ4v) is 2.33. The first-order valence-corrected chi connectivity index (χ1v) is 5.96. The van der Waals surface area contributed by atoms with Gasteiger partial charge in [0.15, 0.2) is 5.82 Å². The Labute approximate surface area is 101 Å². The SMILES string of the molecule is CC(CC(N)=O)n1ncc(N)c1N1CCCC1. The zero-order chi connectivity index (χ0) is 12.4. The number of hydrogen-bond acceptors (Lipinski definition) is 4. The van der Waals surface area contributed by atoms with Crippen molar-refractivity contribution >= 4 is 17.4 Å². The van der Waals surface area contributed by atoms with E-state index in [1.807, 2.05) is 11.6 Å². The predicted octanol–water partition coefficient (Wildman–Crippen LogP) is 0.502. The Hall–Kier alpha value is -1.72. The predicted molar refractivity (Wildman–Crippen MR) is 66.6 cm³/mol. The molecule has 0 bridgehead atoms. The molecule has 1 unspecified atom stereocenters. The molecule has 1 amide bonds. The highest BCUT2D eigenvalue weighted by Crippen LogP contribution is 2.29. The van der Waals surface area contributed by atoms with Crippen molar-refractivity contribution < 1.29 is 4.79 Å². The van der Waals surface area contributed by atoms with Crippen LogP contribution >= 0.6 is 0 Å². The summed E-state index contributed by atoms with van der Waals surface area (Å²) in [5.74, 6) is 0.607. The monoisotopic (exact) mass is 237 g/mol. The first-order chi connectivity index (χ1) is 8.09. The Balaban J connectivity index is 2.24. The third-order valence-corrected chi connectivity index (χ3v) is 3.12. The molecule has 1 aromatic rings. The molecule has 1 fully saturated rings. The average Bonchev–Trinajstić information content (AvgIpc) is 2.84. The molecule has 4 N–H and O–H groups in total. The number of hydrogen-bond donors (Lipinski definition) is 2. The first-order valence-electron chi connectivity index (χ1n) is 5.96. The Morgan fingerprint density at radius 3 is 2.76 bits per heavy atom. The fourth-order valence-electron chi connectivity index (χ4n) is 2.33. The minimum Gasteiger partial charge on any atom is -0.394 e. The number of nitrogens with two attached hydrogens (primary N) is 2. The quantitative estimate of drug-likeness (QED) is 0.798. The molecule has 1 aromatic heterocycles. The van der Waals surface area contributed by atoms with Crippen LogP contribution in [0.15, 0.2) is 6.20 Å². The molecule has 6 heteroatoms. The number of rotatable bonds is 4. The van der Waals surface area contributed by atoms with Crippen molar-refractivity contribution in [1.29, 1.82) is 0 Å². The topological polar surface area (TPSA) is 90.2 Å². The highest BCUT2D eigenvalue weighted by Gasteiger charge is 2.22. The van der Waals surface area contributed by atoms with Gasteiger partial charge >= 0.3 is 0 Å². The Kier molecular flexibility index (Phi) is 3.21. The van der Waals surface area contributed by atoms with E-state index in [4.69, 9.17) is 11.5 Å². The van der Waals surface area contributed by atoms with Crippen LogP contribution in [-0.4, -0.2) is 28.8 Å². The van der Waals surface area contributed by atoms with Gasteiger partial charge in [0.2, 0.25) is 5.91 Å². The summed E-state index contributed by atoms with van der Waals surface area (Å²) in [6, 6.07) is -0.0552. The van der Waals surface area contributed by atoms with Crippen molar-refractivity contribution in [2.45, 2.75) is 32.2 Å². The van der Waals surface area contributed by atoms with E-state index in [1.54, 1.807) is 6.20 Å². The van der Waals surface area contributed by atoms with Gasteiger partial charge in [-0.2, -0.15) is 5.10 Å². The zero-order valence-electron chi connectivity index (χ0n) is 10.1. The van der Waals surface area contributed by atoms with Crippen LogP contribution in [0.25, 0.3) is 0 Å². The van der Waals surface area contributed by atoms with E-state index in [1.165, 1.54) is 12.8 Å². The van der Waals surface area contributed by atoms with Gasteiger partial charge in [0, 0.05) is 19.5 Å². The van der Waals surface area contributed by atoms with Crippen LogP contribution in [0.5, 0.6) is 0 Å². The second kappa shape index (κ2) is 4.65. The third kappa shape index (κ3) is 2.35. The van der Waals surface area contributed by atoms with E-state index in [9.17, 15) is 4.79 Å². The summed E-state index contributed by atoms with van der Waals surface area (Å²) >= 11 is 0. The van der Waals surface area contributed by atoms with Gasteiger partial charge in [-0.25, -0.2) is 4.68 Å². The summed E-state index contributed by atoms with van der Waals surface area (Å²) < 4.78 is 1.81.